The van der Waals surface area contributed by atoms with Gasteiger partial charge in [-0.05, 0) is 29.7 Å². The van der Waals surface area contributed by atoms with Crippen LogP contribution in [0.5, 0.6) is 11.5 Å². The molecule has 1 atom stereocenters. The van der Waals surface area contributed by atoms with E-state index in [1.54, 1.807) is 18.9 Å². The molecule has 0 radical (unpaired) electrons. The van der Waals surface area contributed by atoms with Crippen molar-refractivity contribution in [3.63, 3.8) is 0 Å². The molecule has 0 N–H and O–H groups in total. The average Bonchev–Trinajstić information content (AvgIpc) is 3.19. The van der Waals surface area contributed by atoms with Crippen molar-refractivity contribution < 1.29 is 19.0 Å². The van der Waals surface area contributed by atoms with Crippen LogP contribution in [0.3, 0.4) is 0 Å². The van der Waals surface area contributed by atoms with E-state index in [1.165, 1.54) is 0 Å². The van der Waals surface area contributed by atoms with Gasteiger partial charge in [0.05, 0.1) is 26.1 Å². The van der Waals surface area contributed by atoms with Crippen LogP contribution in [0.25, 0.3) is 0 Å². The van der Waals surface area contributed by atoms with Crippen molar-refractivity contribution >= 4 is 17.7 Å². The molecule has 166 valence electrons. The maximum atomic E-state index is 12.5. The standard InChI is InChI=1S/C24H30N2O4S/c1-28-22-16-20(8-9-21(22)30-17-19-6-3-2-4-7-19)24-26(23(27)18-31-24)11-5-10-25-12-14-29-15-13-25/h2-4,6-9,16,24H,5,10-15,17-18H2,1H3. The lowest BCUT2D eigenvalue weighted by molar-refractivity contribution is -0.128. The summed E-state index contributed by atoms with van der Waals surface area (Å²) in [6, 6.07) is 16.1. The zero-order valence-electron chi connectivity index (χ0n) is 18.0. The number of amides is 1. The Morgan fingerprint density at radius 1 is 1.06 bits per heavy atom. The lowest BCUT2D eigenvalue weighted by Crippen LogP contribution is -2.38. The largest absolute Gasteiger partial charge is 0.493 e. The van der Waals surface area contributed by atoms with Gasteiger partial charge in [-0.1, -0.05) is 36.4 Å². The van der Waals surface area contributed by atoms with E-state index in [9.17, 15) is 4.79 Å². The number of hydrogen-bond acceptors (Lipinski definition) is 6. The second-order valence-corrected chi connectivity index (χ2v) is 8.81. The SMILES string of the molecule is COc1cc(C2SCC(=O)N2CCCN2CCOCC2)ccc1OCc1ccccc1. The Kier molecular flexibility index (Phi) is 7.72. The Bertz CT molecular complexity index is 858. The first-order valence-electron chi connectivity index (χ1n) is 10.8. The molecule has 2 aliphatic rings. The third-order valence-corrected chi connectivity index (χ3v) is 6.91. The molecule has 0 aromatic heterocycles. The van der Waals surface area contributed by atoms with E-state index in [1.807, 2.05) is 53.4 Å². The van der Waals surface area contributed by atoms with Gasteiger partial charge in [0.1, 0.15) is 12.0 Å². The summed E-state index contributed by atoms with van der Waals surface area (Å²) < 4.78 is 17.0. The summed E-state index contributed by atoms with van der Waals surface area (Å²) in [7, 11) is 1.65. The number of benzene rings is 2. The minimum atomic E-state index is 0.0225. The van der Waals surface area contributed by atoms with Gasteiger partial charge in [-0.2, -0.15) is 0 Å². The molecule has 7 heteroatoms. The number of methoxy groups -OCH3 is 1. The van der Waals surface area contributed by atoms with Gasteiger partial charge in [0.2, 0.25) is 5.91 Å². The Hall–Kier alpha value is -2.22. The lowest BCUT2D eigenvalue weighted by Gasteiger charge is -2.29. The number of morpholine rings is 1. The maximum absolute atomic E-state index is 12.5. The zero-order chi connectivity index (χ0) is 21.5. The van der Waals surface area contributed by atoms with Gasteiger partial charge in [-0.15, -0.1) is 11.8 Å². The van der Waals surface area contributed by atoms with Gasteiger partial charge in [0.25, 0.3) is 0 Å². The van der Waals surface area contributed by atoms with E-state index in [0.717, 1.165) is 56.9 Å². The van der Waals surface area contributed by atoms with Crippen LogP contribution < -0.4 is 9.47 Å². The van der Waals surface area contributed by atoms with Gasteiger partial charge in [-0.25, -0.2) is 0 Å². The fraction of sp³-hybridized carbons (Fsp3) is 0.458. The molecule has 1 unspecified atom stereocenters. The number of ether oxygens (including phenoxy) is 3. The van der Waals surface area contributed by atoms with Crippen molar-refractivity contribution in [2.45, 2.75) is 18.4 Å². The summed E-state index contributed by atoms with van der Waals surface area (Å²) in [6.45, 7) is 5.82. The van der Waals surface area contributed by atoms with Crippen molar-refractivity contribution in [2.75, 3.05) is 52.3 Å². The van der Waals surface area contributed by atoms with Gasteiger partial charge >= 0.3 is 0 Å². The van der Waals surface area contributed by atoms with Crippen molar-refractivity contribution in [2.24, 2.45) is 0 Å². The Labute approximate surface area is 188 Å². The van der Waals surface area contributed by atoms with Crippen LogP contribution in [0.2, 0.25) is 0 Å². The predicted molar refractivity (Wildman–Crippen MR) is 123 cm³/mol. The first-order valence-corrected chi connectivity index (χ1v) is 11.9. The number of nitrogens with zero attached hydrogens (tertiary/aromatic N) is 2. The second kappa shape index (κ2) is 10.9. The Morgan fingerprint density at radius 2 is 1.87 bits per heavy atom. The smallest absolute Gasteiger partial charge is 0.233 e. The summed E-state index contributed by atoms with van der Waals surface area (Å²) in [5.41, 5.74) is 2.18. The van der Waals surface area contributed by atoms with E-state index in [-0.39, 0.29) is 11.3 Å². The van der Waals surface area contributed by atoms with Crippen LogP contribution >= 0.6 is 11.8 Å². The van der Waals surface area contributed by atoms with Crippen LogP contribution in [-0.4, -0.2) is 68.0 Å². The third-order valence-electron chi connectivity index (χ3n) is 5.66. The van der Waals surface area contributed by atoms with E-state index in [0.29, 0.717) is 23.9 Å². The molecule has 2 aromatic rings. The van der Waals surface area contributed by atoms with Crippen LogP contribution in [0.4, 0.5) is 0 Å². The summed E-state index contributed by atoms with van der Waals surface area (Å²) in [5, 5.41) is 0.0225. The third kappa shape index (κ3) is 5.73. The van der Waals surface area contributed by atoms with Gasteiger partial charge in [-0.3, -0.25) is 9.69 Å². The van der Waals surface area contributed by atoms with Crippen LogP contribution in [0.1, 0.15) is 22.9 Å². The van der Waals surface area contributed by atoms with Crippen molar-refractivity contribution in [1.29, 1.82) is 0 Å². The number of hydrogen-bond donors (Lipinski definition) is 0. The molecular weight excluding hydrogens is 412 g/mol. The van der Waals surface area contributed by atoms with Crippen LogP contribution in [-0.2, 0) is 16.1 Å². The summed E-state index contributed by atoms with van der Waals surface area (Å²) in [4.78, 5) is 17.0. The Balaban J connectivity index is 1.38. The molecule has 2 heterocycles. The highest BCUT2D eigenvalue weighted by Crippen LogP contribution is 2.41. The summed E-state index contributed by atoms with van der Waals surface area (Å²) >= 11 is 1.68. The molecule has 2 aromatic carbocycles. The van der Waals surface area contributed by atoms with Gasteiger partial charge in [0, 0.05) is 26.2 Å². The quantitative estimate of drug-likeness (QED) is 0.592. The highest BCUT2D eigenvalue weighted by Gasteiger charge is 2.33. The fourth-order valence-corrected chi connectivity index (χ4v) is 5.16. The second-order valence-electron chi connectivity index (χ2n) is 7.74. The topological polar surface area (TPSA) is 51.2 Å². The highest BCUT2D eigenvalue weighted by atomic mass is 32.2. The fourth-order valence-electron chi connectivity index (χ4n) is 3.95. The van der Waals surface area contributed by atoms with E-state index in [4.69, 9.17) is 14.2 Å². The van der Waals surface area contributed by atoms with Crippen LogP contribution in [0.15, 0.2) is 48.5 Å². The molecule has 2 saturated heterocycles. The molecule has 0 saturated carbocycles. The first-order chi connectivity index (χ1) is 15.2. The van der Waals surface area contributed by atoms with E-state index < -0.39 is 0 Å². The molecule has 2 aliphatic heterocycles. The molecule has 6 nitrogen and oxygen atoms in total. The zero-order valence-corrected chi connectivity index (χ0v) is 18.8. The molecule has 31 heavy (non-hydrogen) atoms. The molecule has 0 bridgehead atoms. The molecule has 1 amide bonds. The minimum absolute atomic E-state index is 0.0225. The Morgan fingerprint density at radius 3 is 2.65 bits per heavy atom. The van der Waals surface area contributed by atoms with E-state index in [2.05, 4.69) is 4.90 Å². The minimum Gasteiger partial charge on any atom is -0.493 e. The normalized spacial score (nSPS) is 19.6. The number of rotatable bonds is 9. The van der Waals surface area contributed by atoms with Crippen molar-refractivity contribution in [3.05, 3.63) is 59.7 Å². The summed E-state index contributed by atoms with van der Waals surface area (Å²) in [5.74, 6) is 2.14. The molecule has 0 aliphatic carbocycles. The van der Waals surface area contributed by atoms with Crippen LogP contribution in [0, 0.1) is 0 Å². The monoisotopic (exact) mass is 442 g/mol. The molecule has 4 rings (SSSR count). The lowest BCUT2D eigenvalue weighted by atomic mass is 10.1. The summed E-state index contributed by atoms with van der Waals surface area (Å²) in [6.07, 6.45) is 0.970. The van der Waals surface area contributed by atoms with Crippen molar-refractivity contribution in [3.8, 4) is 11.5 Å². The average molecular weight is 443 g/mol. The first kappa shape index (κ1) is 22.0. The number of carbonyl (C=O) groups is 1. The van der Waals surface area contributed by atoms with E-state index >= 15 is 0 Å². The highest BCUT2D eigenvalue weighted by molar-refractivity contribution is 8.00. The maximum Gasteiger partial charge on any atom is 0.233 e. The number of thioether (sulfide) groups is 1. The predicted octanol–water partition coefficient (Wildman–Crippen LogP) is 3.57. The molecule has 2 fully saturated rings. The van der Waals surface area contributed by atoms with Crippen molar-refractivity contribution in [1.82, 2.24) is 9.80 Å². The number of carbonyl (C=O) groups excluding carboxylic acids is 1. The van der Waals surface area contributed by atoms with Gasteiger partial charge < -0.3 is 19.1 Å². The molecular formula is C24H30N2O4S. The molecule has 0 spiro atoms. The van der Waals surface area contributed by atoms with Gasteiger partial charge in [0.15, 0.2) is 11.5 Å².